The standard InChI is InChI=1S/C14H12F2N2O3/c1-20-13-10(15)4-8(5-11(13)16)17-14(19)9-6-21-18-12(9)7-2-3-7/h4-7H,2-3H2,1H3,(H,17,19). The van der Waals surface area contributed by atoms with E-state index >= 15 is 0 Å². The lowest BCUT2D eigenvalue weighted by atomic mass is 10.1. The summed E-state index contributed by atoms with van der Waals surface area (Å²) in [6.07, 6.45) is 3.15. The van der Waals surface area contributed by atoms with Gasteiger partial charge in [0.25, 0.3) is 5.91 Å². The van der Waals surface area contributed by atoms with E-state index in [0.29, 0.717) is 5.69 Å². The zero-order valence-corrected chi connectivity index (χ0v) is 11.2. The summed E-state index contributed by atoms with van der Waals surface area (Å²) in [5, 5.41) is 6.23. The molecule has 5 nitrogen and oxygen atoms in total. The molecule has 21 heavy (non-hydrogen) atoms. The van der Waals surface area contributed by atoms with Gasteiger partial charge in [0.05, 0.1) is 12.8 Å². The Kier molecular flexibility index (Phi) is 3.32. The van der Waals surface area contributed by atoms with Crippen LogP contribution in [0.4, 0.5) is 14.5 Å². The minimum atomic E-state index is -0.888. The maximum Gasteiger partial charge on any atom is 0.260 e. The molecule has 3 rings (SSSR count). The summed E-state index contributed by atoms with van der Waals surface area (Å²) in [5.41, 5.74) is 0.870. The number of benzene rings is 1. The molecule has 1 aliphatic rings. The zero-order chi connectivity index (χ0) is 15.0. The van der Waals surface area contributed by atoms with E-state index in [-0.39, 0.29) is 17.2 Å². The average molecular weight is 294 g/mol. The topological polar surface area (TPSA) is 64.4 Å². The fourth-order valence-electron chi connectivity index (χ4n) is 2.09. The van der Waals surface area contributed by atoms with Crippen LogP contribution in [0.1, 0.15) is 34.8 Å². The van der Waals surface area contributed by atoms with Gasteiger partial charge in [0.15, 0.2) is 17.4 Å². The van der Waals surface area contributed by atoms with Gasteiger partial charge in [0.2, 0.25) is 0 Å². The Hall–Kier alpha value is -2.44. The van der Waals surface area contributed by atoms with Crippen LogP contribution in [0, 0.1) is 11.6 Å². The van der Waals surface area contributed by atoms with Crippen LogP contribution in [0.3, 0.4) is 0 Å². The quantitative estimate of drug-likeness (QED) is 0.941. The third-order valence-corrected chi connectivity index (χ3v) is 3.27. The van der Waals surface area contributed by atoms with Crippen LogP contribution in [0.15, 0.2) is 22.9 Å². The molecule has 0 radical (unpaired) electrons. The second kappa shape index (κ2) is 5.16. The predicted octanol–water partition coefficient (Wildman–Crippen LogP) is 3.09. The smallest absolute Gasteiger partial charge is 0.260 e. The molecule has 1 aromatic carbocycles. The van der Waals surface area contributed by atoms with Crippen molar-refractivity contribution < 1.29 is 22.8 Å². The lowest BCUT2D eigenvalue weighted by molar-refractivity contribution is 0.102. The largest absolute Gasteiger partial charge is 0.491 e. The van der Waals surface area contributed by atoms with Crippen LogP contribution >= 0.6 is 0 Å². The number of hydrogen-bond donors (Lipinski definition) is 1. The molecule has 2 aromatic rings. The molecule has 1 aliphatic carbocycles. The Labute approximate surface area is 118 Å². The summed E-state index contributed by atoms with van der Waals surface area (Å²) in [4.78, 5) is 12.1. The molecule has 110 valence electrons. The first-order valence-electron chi connectivity index (χ1n) is 6.38. The molecule has 1 saturated carbocycles. The fraction of sp³-hybridized carbons (Fsp3) is 0.286. The van der Waals surface area contributed by atoms with Crippen molar-refractivity contribution in [2.24, 2.45) is 0 Å². The summed E-state index contributed by atoms with van der Waals surface area (Å²) >= 11 is 0. The molecule has 0 bridgehead atoms. The summed E-state index contributed by atoms with van der Waals surface area (Å²) in [7, 11) is 1.17. The molecule has 0 aliphatic heterocycles. The van der Waals surface area contributed by atoms with Crippen molar-refractivity contribution >= 4 is 11.6 Å². The number of amides is 1. The van der Waals surface area contributed by atoms with E-state index in [1.54, 1.807) is 0 Å². The van der Waals surface area contributed by atoms with Crippen molar-refractivity contribution in [1.82, 2.24) is 5.16 Å². The molecule has 1 aromatic heterocycles. The second-order valence-electron chi connectivity index (χ2n) is 4.82. The van der Waals surface area contributed by atoms with E-state index < -0.39 is 23.3 Å². The van der Waals surface area contributed by atoms with Crippen LogP contribution in [0.5, 0.6) is 5.75 Å². The number of hydrogen-bond acceptors (Lipinski definition) is 4. The number of rotatable bonds is 4. The molecule has 0 saturated heterocycles. The Morgan fingerprint density at radius 2 is 2.05 bits per heavy atom. The monoisotopic (exact) mass is 294 g/mol. The average Bonchev–Trinajstić information content (AvgIpc) is 3.15. The molecular formula is C14H12F2N2O3. The van der Waals surface area contributed by atoms with Gasteiger partial charge >= 0.3 is 0 Å². The first kappa shape index (κ1) is 13.5. The van der Waals surface area contributed by atoms with E-state index in [1.165, 1.54) is 13.4 Å². The minimum absolute atomic E-state index is 0.00116. The first-order valence-corrected chi connectivity index (χ1v) is 6.38. The summed E-state index contributed by atoms with van der Waals surface area (Å²) in [6.45, 7) is 0. The SMILES string of the molecule is COc1c(F)cc(NC(=O)c2conc2C2CC2)cc1F. The van der Waals surface area contributed by atoms with Crippen LogP contribution in [-0.4, -0.2) is 18.2 Å². The van der Waals surface area contributed by atoms with Crippen molar-refractivity contribution in [3.8, 4) is 5.75 Å². The summed E-state index contributed by atoms with van der Waals surface area (Å²) in [5.74, 6) is -2.55. The highest BCUT2D eigenvalue weighted by Crippen LogP contribution is 2.40. The van der Waals surface area contributed by atoms with Gasteiger partial charge < -0.3 is 14.6 Å². The number of halogens is 2. The van der Waals surface area contributed by atoms with Crippen molar-refractivity contribution in [2.45, 2.75) is 18.8 Å². The third kappa shape index (κ3) is 2.58. The highest BCUT2D eigenvalue weighted by molar-refractivity contribution is 6.05. The number of nitrogens with one attached hydrogen (secondary N) is 1. The highest BCUT2D eigenvalue weighted by Gasteiger charge is 2.31. The second-order valence-corrected chi connectivity index (χ2v) is 4.82. The van der Waals surface area contributed by atoms with Gasteiger partial charge in [-0.15, -0.1) is 0 Å². The molecule has 7 heteroatoms. The Morgan fingerprint density at radius 3 is 2.62 bits per heavy atom. The maximum absolute atomic E-state index is 13.6. The number of carbonyl (C=O) groups is 1. The number of carbonyl (C=O) groups excluding carboxylic acids is 1. The van der Waals surface area contributed by atoms with Gasteiger partial charge in [-0.3, -0.25) is 4.79 Å². The lowest BCUT2D eigenvalue weighted by Gasteiger charge is -2.08. The maximum atomic E-state index is 13.6. The van der Waals surface area contributed by atoms with Crippen molar-refractivity contribution in [3.05, 3.63) is 41.3 Å². The summed E-state index contributed by atoms with van der Waals surface area (Å²) in [6, 6.07) is 1.98. The van der Waals surface area contributed by atoms with Crippen molar-refractivity contribution in [2.75, 3.05) is 12.4 Å². The first-order chi connectivity index (χ1) is 10.1. The van der Waals surface area contributed by atoms with Crippen LogP contribution < -0.4 is 10.1 Å². The number of anilines is 1. The van der Waals surface area contributed by atoms with E-state index in [4.69, 9.17) is 4.52 Å². The van der Waals surface area contributed by atoms with Gasteiger partial charge in [-0.05, 0) is 12.8 Å². The molecule has 1 N–H and O–H groups in total. The Bertz CT molecular complexity index is 672. The summed E-state index contributed by atoms with van der Waals surface area (Å²) < 4.78 is 36.5. The molecule has 0 unspecified atom stereocenters. The number of ether oxygens (including phenoxy) is 1. The molecule has 0 atom stereocenters. The molecule has 0 spiro atoms. The highest BCUT2D eigenvalue weighted by atomic mass is 19.1. The van der Waals surface area contributed by atoms with Crippen LogP contribution in [-0.2, 0) is 0 Å². The van der Waals surface area contributed by atoms with Gasteiger partial charge in [-0.1, -0.05) is 5.16 Å². The van der Waals surface area contributed by atoms with Crippen molar-refractivity contribution in [3.63, 3.8) is 0 Å². The third-order valence-electron chi connectivity index (χ3n) is 3.27. The van der Waals surface area contributed by atoms with E-state index in [2.05, 4.69) is 15.2 Å². The van der Waals surface area contributed by atoms with Crippen molar-refractivity contribution in [1.29, 1.82) is 0 Å². The molecule has 1 fully saturated rings. The Morgan fingerprint density at radius 1 is 1.38 bits per heavy atom. The minimum Gasteiger partial charge on any atom is -0.491 e. The van der Waals surface area contributed by atoms with Crippen LogP contribution in [0.25, 0.3) is 0 Å². The number of methoxy groups -OCH3 is 1. The number of nitrogens with zero attached hydrogens (tertiary/aromatic N) is 1. The molecular weight excluding hydrogens is 282 g/mol. The zero-order valence-electron chi connectivity index (χ0n) is 11.2. The Balaban J connectivity index is 1.83. The van der Waals surface area contributed by atoms with Crippen LogP contribution in [0.2, 0.25) is 0 Å². The predicted molar refractivity (Wildman–Crippen MR) is 69.3 cm³/mol. The normalized spacial score (nSPS) is 14.0. The molecule has 1 heterocycles. The fourth-order valence-corrected chi connectivity index (χ4v) is 2.09. The van der Waals surface area contributed by atoms with E-state index in [1.807, 2.05) is 0 Å². The van der Waals surface area contributed by atoms with E-state index in [0.717, 1.165) is 25.0 Å². The van der Waals surface area contributed by atoms with E-state index in [9.17, 15) is 13.6 Å². The lowest BCUT2D eigenvalue weighted by Crippen LogP contribution is -2.13. The van der Waals surface area contributed by atoms with Gasteiger partial charge in [-0.25, -0.2) is 8.78 Å². The van der Waals surface area contributed by atoms with Gasteiger partial charge in [-0.2, -0.15) is 0 Å². The van der Waals surface area contributed by atoms with Gasteiger partial charge in [0, 0.05) is 23.7 Å². The molecule has 1 amide bonds. The number of aromatic nitrogens is 1. The van der Waals surface area contributed by atoms with Gasteiger partial charge in [0.1, 0.15) is 11.8 Å².